The van der Waals surface area contributed by atoms with Gasteiger partial charge in [-0.2, -0.15) is 0 Å². The topological polar surface area (TPSA) is 81.7 Å². The molecule has 0 bridgehead atoms. The summed E-state index contributed by atoms with van der Waals surface area (Å²) in [7, 11) is 0. The summed E-state index contributed by atoms with van der Waals surface area (Å²) in [6.07, 6.45) is 0. The van der Waals surface area contributed by atoms with Gasteiger partial charge in [-0.05, 0) is 20.0 Å². The van der Waals surface area contributed by atoms with Gasteiger partial charge < -0.3 is 20.6 Å². The van der Waals surface area contributed by atoms with E-state index < -0.39 is 18.0 Å². The molecule has 2 amide bonds. The largest absolute Gasteiger partial charge is 0.480 e. The van der Waals surface area contributed by atoms with E-state index in [-0.39, 0.29) is 0 Å². The Kier molecular flexibility index (Phi) is 7.28. The zero-order valence-electron chi connectivity index (χ0n) is 10.1. The number of carboxylic acids is 1. The van der Waals surface area contributed by atoms with Gasteiger partial charge in [-0.15, -0.1) is 0 Å². The molecule has 0 rings (SSSR count). The number of rotatable bonds is 7. The average Bonchev–Trinajstić information content (AvgIpc) is 2.24. The second-order valence-electron chi connectivity index (χ2n) is 3.49. The minimum absolute atomic E-state index is 0.443. The zero-order chi connectivity index (χ0) is 12.6. The summed E-state index contributed by atoms with van der Waals surface area (Å²) < 4.78 is 0. The Labute approximate surface area is 96.0 Å². The van der Waals surface area contributed by atoms with E-state index in [9.17, 15) is 9.59 Å². The van der Waals surface area contributed by atoms with Gasteiger partial charge in [0.2, 0.25) is 0 Å². The molecule has 0 aromatic rings. The van der Waals surface area contributed by atoms with Crippen LogP contribution in [0.1, 0.15) is 20.8 Å². The molecule has 94 valence electrons. The van der Waals surface area contributed by atoms with E-state index in [1.165, 1.54) is 6.92 Å². The van der Waals surface area contributed by atoms with Gasteiger partial charge >= 0.3 is 12.0 Å². The highest BCUT2D eigenvalue weighted by molar-refractivity contribution is 5.82. The van der Waals surface area contributed by atoms with Crippen molar-refractivity contribution in [2.75, 3.05) is 26.2 Å². The van der Waals surface area contributed by atoms with Crippen LogP contribution in [0.5, 0.6) is 0 Å². The van der Waals surface area contributed by atoms with E-state index in [0.29, 0.717) is 6.54 Å². The van der Waals surface area contributed by atoms with Gasteiger partial charge in [-0.25, -0.2) is 4.79 Å². The molecule has 0 aliphatic rings. The molecule has 6 heteroatoms. The molecule has 0 aliphatic carbocycles. The van der Waals surface area contributed by atoms with Gasteiger partial charge in [-0.3, -0.25) is 4.79 Å². The maximum atomic E-state index is 11.2. The Morgan fingerprint density at radius 1 is 1.31 bits per heavy atom. The number of hydrogen-bond donors (Lipinski definition) is 3. The second-order valence-corrected chi connectivity index (χ2v) is 3.49. The van der Waals surface area contributed by atoms with E-state index in [2.05, 4.69) is 29.4 Å². The monoisotopic (exact) mass is 231 g/mol. The van der Waals surface area contributed by atoms with Gasteiger partial charge in [0.05, 0.1) is 0 Å². The molecule has 16 heavy (non-hydrogen) atoms. The van der Waals surface area contributed by atoms with Crippen molar-refractivity contribution in [3.63, 3.8) is 0 Å². The first-order valence-electron chi connectivity index (χ1n) is 5.50. The predicted molar refractivity (Wildman–Crippen MR) is 61.4 cm³/mol. The van der Waals surface area contributed by atoms with Crippen molar-refractivity contribution >= 4 is 12.0 Å². The lowest BCUT2D eigenvalue weighted by atomic mass is 10.3. The molecule has 0 fully saturated rings. The number of hydrogen-bond acceptors (Lipinski definition) is 3. The third kappa shape index (κ3) is 6.23. The molecule has 0 heterocycles. The van der Waals surface area contributed by atoms with Crippen LogP contribution in [0.4, 0.5) is 4.79 Å². The molecule has 6 nitrogen and oxygen atoms in total. The lowest BCUT2D eigenvalue weighted by Crippen LogP contribution is -2.46. The molecule has 0 unspecified atom stereocenters. The maximum absolute atomic E-state index is 11.2. The van der Waals surface area contributed by atoms with E-state index >= 15 is 0 Å². The van der Waals surface area contributed by atoms with Gasteiger partial charge in [0, 0.05) is 13.1 Å². The Bertz CT molecular complexity index is 229. The van der Waals surface area contributed by atoms with Crippen molar-refractivity contribution in [1.82, 2.24) is 15.5 Å². The van der Waals surface area contributed by atoms with Crippen LogP contribution in [0.25, 0.3) is 0 Å². The smallest absolute Gasteiger partial charge is 0.325 e. The fraction of sp³-hybridized carbons (Fsp3) is 0.800. The second kappa shape index (κ2) is 7.92. The number of likely N-dealkylation sites (N-methyl/N-ethyl adjacent to an activating group) is 1. The van der Waals surface area contributed by atoms with Gasteiger partial charge in [0.15, 0.2) is 0 Å². The quantitative estimate of drug-likeness (QED) is 0.580. The standard InChI is InChI=1S/C10H21N3O3/c1-4-13(5-2)7-6-11-10(16)12-8(3)9(14)15/h8H,4-7H2,1-3H3,(H,14,15)(H2,11,12,16)/t8-/m1/s1. The fourth-order valence-corrected chi connectivity index (χ4v) is 1.18. The van der Waals surface area contributed by atoms with Crippen LogP contribution >= 0.6 is 0 Å². The summed E-state index contributed by atoms with van der Waals surface area (Å²) >= 11 is 0. The Hall–Kier alpha value is -1.30. The number of carbonyl (C=O) groups is 2. The Morgan fingerprint density at radius 2 is 1.88 bits per heavy atom. The van der Waals surface area contributed by atoms with Crippen LogP contribution < -0.4 is 10.6 Å². The Morgan fingerprint density at radius 3 is 2.31 bits per heavy atom. The summed E-state index contributed by atoms with van der Waals surface area (Å²) in [6, 6.07) is -1.31. The van der Waals surface area contributed by atoms with Crippen molar-refractivity contribution in [2.24, 2.45) is 0 Å². The van der Waals surface area contributed by atoms with Crippen LogP contribution in [0.3, 0.4) is 0 Å². The first kappa shape index (κ1) is 14.7. The number of amides is 2. The highest BCUT2D eigenvalue weighted by Gasteiger charge is 2.13. The van der Waals surface area contributed by atoms with Crippen LogP contribution in [0.15, 0.2) is 0 Å². The summed E-state index contributed by atoms with van der Waals surface area (Å²) in [5.74, 6) is -1.04. The molecule has 1 atom stereocenters. The summed E-state index contributed by atoms with van der Waals surface area (Å²) in [5, 5.41) is 13.5. The van der Waals surface area contributed by atoms with Gasteiger partial charge in [-0.1, -0.05) is 13.8 Å². The number of carbonyl (C=O) groups excluding carboxylic acids is 1. The first-order valence-corrected chi connectivity index (χ1v) is 5.50. The molecule has 0 aromatic heterocycles. The minimum atomic E-state index is -1.04. The summed E-state index contributed by atoms with van der Waals surface area (Å²) in [6.45, 7) is 8.68. The molecular weight excluding hydrogens is 210 g/mol. The molecule has 0 radical (unpaired) electrons. The van der Waals surface area contributed by atoms with Crippen molar-refractivity contribution < 1.29 is 14.7 Å². The minimum Gasteiger partial charge on any atom is -0.480 e. The van der Waals surface area contributed by atoms with E-state index in [4.69, 9.17) is 5.11 Å². The van der Waals surface area contributed by atoms with Crippen LogP contribution in [0.2, 0.25) is 0 Å². The normalized spacial score (nSPS) is 12.2. The van der Waals surface area contributed by atoms with Gasteiger partial charge in [0.25, 0.3) is 0 Å². The third-order valence-corrected chi connectivity index (χ3v) is 2.33. The Balaban J connectivity index is 3.69. The van der Waals surface area contributed by atoms with Crippen LogP contribution in [-0.2, 0) is 4.79 Å². The first-order chi connectivity index (χ1) is 7.51. The maximum Gasteiger partial charge on any atom is 0.325 e. The van der Waals surface area contributed by atoms with E-state index in [0.717, 1.165) is 19.6 Å². The van der Waals surface area contributed by atoms with Crippen molar-refractivity contribution in [1.29, 1.82) is 0 Å². The SMILES string of the molecule is CCN(CC)CCNC(=O)N[C@H](C)C(=O)O. The predicted octanol–water partition coefficient (Wildman–Crippen LogP) is 0.101. The van der Waals surface area contributed by atoms with Crippen molar-refractivity contribution in [2.45, 2.75) is 26.8 Å². The summed E-state index contributed by atoms with van der Waals surface area (Å²) in [4.78, 5) is 23.8. The molecule has 0 aliphatic heterocycles. The number of urea groups is 1. The molecule has 0 saturated heterocycles. The zero-order valence-corrected chi connectivity index (χ0v) is 10.1. The van der Waals surface area contributed by atoms with Crippen LogP contribution in [0, 0.1) is 0 Å². The molecule has 0 aromatic carbocycles. The average molecular weight is 231 g/mol. The lowest BCUT2D eigenvalue weighted by molar-refractivity contribution is -0.138. The van der Waals surface area contributed by atoms with Gasteiger partial charge in [0.1, 0.15) is 6.04 Å². The third-order valence-electron chi connectivity index (χ3n) is 2.33. The highest BCUT2D eigenvalue weighted by atomic mass is 16.4. The molecule has 3 N–H and O–H groups in total. The number of carboxylic acid groups (broad SMARTS) is 1. The van der Waals surface area contributed by atoms with Crippen molar-refractivity contribution in [3.8, 4) is 0 Å². The molecular formula is C10H21N3O3. The number of nitrogens with zero attached hydrogens (tertiary/aromatic N) is 1. The fourth-order valence-electron chi connectivity index (χ4n) is 1.18. The number of aliphatic carboxylic acids is 1. The van der Waals surface area contributed by atoms with Crippen molar-refractivity contribution in [3.05, 3.63) is 0 Å². The van der Waals surface area contributed by atoms with E-state index in [1.807, 2.05) is 0 Å². The highest BCUT2D eigenvalue weighted by Crippen LogP contribution is 1.85. The summed E-state index contributed by atoms with van der Waals surface area (Å²) in [5.41, 5.74) is 0. The van der Waals surface area contributed by atoms with E-state index in [1.54, 1.807) is 0 Å². The number of nitrogens with one attached hydrogen (secondary N) is 2. The van der Waals surface area contributed by atoms with Crippen LogP contribution in [-0.4, -0.2) is 54.2 Å². The molecule has 0 saturated carbocycles. The molecule has 0 spiro atoms. The lowest BCUT2D eigenvalue weighted by Gasteiger charge is -2.18.